The van der Waals surface area contributed by atoms with Crippen LogP contribution in [0.1, 0.15) is 10.4 Å². The van der Waals surface area contributed by atoms with Crippen molar-refractivity contribution >= 4 is 38.6 Å². The highest BCUT2D eigenvalue weighted by Crippen LogP contribution is 2.21. The largest absolute Gasteiger partial charge is 0.452 e. The smallest absolute Gasteiger partial charge is 0.338 e. The molecule has 0 unspecified atom stereocenters. The SMILES string of the molecule is NS(=O)(=O)c1ccc(NC(=O)COC(=O)c2ccc3nc(-c4ccccc4)[nH]c3c2)cc1. The Morgan fingerprint density at radius 2 is 1.72 bits per heavy atom. The first kappa shape index (κ1) is 21.2. The van der Waals surface area contributed by atoms with Gasteiger partial charge < -0.3 is 15.0 Å². The minimum Gasteiger partial charge on any atom is -0.452 e. The van der Waals surface area contributed by atoms with E-state index in [9.17, 15) is 18.0 Å². The fourth-order valence-corrected chi connectivity index (χ4v) is 3.52. The molecular formula is C22H18N4O5S. The van der Waals surface area contributed by atoms with Crippen LogP contribution in [-0.4, -0.2) is 36.9 Å². The summed E-state index contributed by atoms with van der Waals surface area (Å²) in [5.41, 5.74) is 2.89. The van der Waals surface area contributed by atoms with E-state index in [2.05, 4.69) is 15.3 Å². The molecule has 10 heteroatoms. The standard InChI is InChI=1S/C22H18N4O5S/c23-32(29,30)17-9-7-16(8-10-17)24-20(27)13-31-22(28)15-6-11-18-19(12-15)26-21(25-18)14-4-2-1-3-5-14/h1-12H,13H2,(H,24,27)(H,25,26)(H2,23,29,30). The lowest BCUT2D eigenvalue weighted by atomic mass is 10.2. The zero-order valence-corrected chi connectivity index (χ0v) is 17.4. The van der Waals surface area contributed by atoms with Gasteiger partial charge in [-0.2, -0.15) is 0 Å². The normalized spacial score (nSPS) is 11.3. The van der Waals surface area contributed by atoms with E-state index >= 15 is 0 Å². The number of aromatic nitrogens is 2. The maximum atomic E-state index is 12.4. The van der Waals surface area contributed by atoms with Crippen LogP contribution in [0, 0.1) is 0 Å². The second-order valence-corrected chi connectivity index (χ2v) is 8.44. The maximum Gasteiger partial charge on any atom is 0.338 e. The number of sulfonamides is 1. The first-order valence-electron chi connectivity index (χ1n) is 9.45. The Morgan fingerprint density at radius 3 is 2.41 bits per heavy atom. The van der Waals surface area contributed by atoms with Gasteiger partial charge in [-0.25, -0.2) is 23.3 Å². The molecule has 4 rings (SSSR count). The fraction of sp³-hybridized carbons (Fsp3) is 0.0455. The van der Waals surface area contributed by atoms with Gasteiger partial charge in [-0.1, -0.05) is 30.3 Å². The number of nitrogens with two attached hydrogens (primary N) is 1. The van der Waals surface area contributed by atoms with Gasteiger partial charge >= 0.3 is 5.97 Å². The summed E-state index contributed by atoms with van der Waals surface area (Å²) >= 11 is 0. The Bertz CT molecular complexity index is 1400. The van der Waals surface area contributed by atoms with Crippen molar-refractivity contribution < 1.29 is 22.7 Å². The molecule has 3 aromatic carbocycles. The van der Waals surface area contributed by atoms with Crippen molar-refractivity contribution in [3.63, 3.8) is 0 Å². The number of rotatable bonds is 6. The number of imidazole rings is 1. The highest BCUT2D eigenvalue weighted by atomic mass is 32.2. The number of primary sulfonamides is 1. The lowest BCUT2D eigenvalue weighted by Gasteiger charge is -2.07. The predicted molar refractivity (Wildman–Crippen MR) is 118 cm³/mol. The van der Waals surface area contributed by atoms with Crippen LogP contribution in [-0.2, 0) is 19.6 Å². The Labute approximate surface area is 183 Å². The molecule has 1 heterocycles. The van der Waals surface area contributed by atoms with Crippen LogP contribution in [0.5, 0.6) is 0 Å². The summed E-state index contributed by atoms with van der Waals surface area (Å²) in [4.78, 5) is 32.0. The molecule has 0 aliphatic heterocycles. The van der Waals surface area contributed by atoms with E-state index < -0.39 is 28.5 Å². The second kappa shape index (κ2) is 8.61. The average Bonchev–Trinajstić information content (AvgIpc) is 3.21. The van der Waals surface area contributed by atoms with Crippen LogP contribution in [0.15, 0.2) is 77.7 Å². The zero-order valence-electron chi connectivity index (χ0n) is 16.6. The van der Waals surface area contributed by atoms with Gasteiger partial charge in [-0.05, 0) is 42.5 Å². The molecule has 1 amide bonds. The molecule has 32 heavy (non-hydrogen) atoms. The molecule has 4 aromatic rings. The van der Waals surface area contributed by atoms with Gasteiger partial charge in [0.25, 0.3) is 5.91 Å². The summed E-state index contributed by atoms with van der Waals surface area (Å²) in [5.74, 6) is -0.558. The van der Waals surface area contributed by atoms with Crippen molar-refractivity contribution in [2.45, 2.75) is 4.90 Å². The van der Waals surface area contributed by atoms with Gasteiger partial charge in [-0.15, -0.1) is 0 Å². The molecule has 0 saturated heterocycles. The molecule has 0 saturated carbocycles. The van der Waals surface area contributed by atoms with Crippen molar-refractivity contribution in [2.24, 2.45) is 5.14 Å². The number of carbonyl (C=O) groups is 2. The van der Waals surface area contributed by atoms with Crippen LogP contribution < -0.4 is 10.5 Å². The number of hydrogen-bond donors (Lipinski definition) is 3. The predicted octanol–water partition coefficient (Wildman–Crippen LogP) is 2.67. The van der Waals surface area contributed by atoms with Crippen LogP contribution in [0.4, 0.5) is 5.69 Å². The molecule has 0 radical (unpaired) electrons. The highest BCUT2D eigenvalue weighted by molar-refractivity contribution is 7.89. The van der Waals surface area contributed by atoms with E-state index in [1.165, 1.54) is 24.3 Å². The first-order valence-corrected chi connectivity index (χ1v) is 11.0. The van der Waals surface area contributed by atoms with Gasteiger partial charge in [0.2, 0.25) is 10.0 Å². The number of nitrogens with one attached hydrogen (secondary N) is 2. The topological polar surface area (TPSA) is 144 Å². The number of ether oxygens (including phenoxy) is 1. The molecule has 4 N–H and O–H groups in total. The number of amides is 1. The van der Waals surface area contributed by atoms with Crippen LogP contribution in [0.3, 0.4) is 0 Å². The van der Waals surface area contributed by atoms with E-state index in [0.29, 0.717) is 22.5 Å². The lowest BCUT2D eigenvalue weighted by molar-refractivity contribution is -0.119. The van der Waals surface area contributed by atoms with E-state index in [1.807, 2.05) is 30.3 Å². The molecule has 9 nitrogen and oxygen atoms in total. The van der Waals surface area contributed by atoms with Crippen LogP contribution >= 0.6 is 0 Å². The third-order valence-electron chi connectivity index (χ3n) is 4.57. The lowest BCUT2D eigenvalue weighted by Crippen LogP contribution is -2.21. The monoisotopic (exact) mass is 450 g/mol. The van der Waals surface area contributed by atoms with Gasteiger partial charge in [0, 0.05) is 11.3 Å². The molecule has 162 valence electrons. The number of fused-ring (bicyclic) bond motifs is 1. The van der Waals surface area contributed by atoms with Gasteiger partial charge in [-0.3, -0.25) is 4.79 Å². The third kappa shape index (κ3) is 4.82. The molecule has 0 atom stereocenters. The Morgan fingerprint density at radius 1 is 1.00 bits per heavy atom. The van der Waals surface area contributed by atoms with Crippen molar-refractivity contribution in [2.75, 3.05) is 11.9 Å². The summed E-state index contributed by atoms with van der Waals surface area (Å²) < 4.78 is 27.6. The van der Waals surface area contributed by atoms with Crippen molar-refractivity contribution in [3.8, 4) is 11.4 Å². The minimum absolute atomic E-state index is 0.0773. The van der Waals surface area contributed by atoms with E-state index in [0.717, 1.165) is 5.56 Å². The molecule has 0 bridgehead atoms. The zero-order chi connectivity index (χ0) is 22.7. The minimum atomic E-state index is -3.82. The van der Waals surface area contributed by atoms with Crippen LogP contribution in [0.25, 0.3) is 22.4 Å². The van der Waals surface area contributed by atoms with Crippen molar-refractivity contribution in [1.82, 2.24) is 9.97 Å². The van der Waals surface area contributed by atoms with E-state index in [1.54, 1.807) is 18.2 Å². The Kier molecular flexibility index (Phi) is 5.71. The Hall–Kier alpha value is -4.02. The maximum absolute atomic E-state index is 12.4. The van der Waals surface area contributed by atoms with Gasteiger partial charge in [0.05, 0.1) is 21.5 Å². The highest BCUT2D eigenvalue weighted by Gasteiger charge is 2.14. The number of H-pyrrole nitrogens is 1. The molecule has 0 spiro atoms. The number of carbonyl (C=O) groups excluding carboxylic acids is 2. The number of nitrogens with zero attached hydrogens (tertiary/aromatic N) is 1. The summed E-state index contributed by atoms with van der Waals surface area (Å²) in [6, 6.07) is 19.8. The average molecular weight is 450 g/mol. The second-order valence-electron chi connectivity index (χ2n) is 6.88. The third-order valence-corrected chi connectivity index (χ3v) is 5.50. The Balaban J connectivity index is 1.38. The van der Waals surface area contributed by atoms with Crippen molar-refractivity contribution in [1.29, 1.82) is 0 Å². The molecular weight excluding hydrogens is 432 g/mol. The number of benzene rings is 3. The fourth-order valence-electron chi connectivity index (χ4n) is 3.01. The number of aromatic amines is 1. The summed E-state index contributed by atoms with van der Waals surface area (Å²) in [6.07, 6.45) is 0. The number of hydrogen-bond acceptors (Lipinski definition) is 6. The van der Waals surface area contributed by atoms with E-state index in [4.69, 9.17) is 9.88 Å². The number of anilines is 1. The van der Waals surface area contributed by atoms with Crippen molar-refractivity contribution in [3.05, 3.63) is 78.4 Å². The summed E-state index contributed by atoms with van der Waals surface area (Å²) in [5, 5.41) is 7.54. The quantitative estimate of drug-likeness (QED) is 0.385. The molecule has 0 fully saturated rings. The molecule has 0 aliphatic carbocycles. The van der Waals surface area contributed by atoms with Crippen LogP contribution in [0.2, 0.25) is 0 Å². The van der Waals surface area contributed by atoms with E-state index in [-0.39, 0.29) is 10.5 Å². The first-order chi connectivity index (χ1) is 15.3. The summed E-state index contributed by atoms with van der Waals surface area (Å²) in [7, 11) is -3.82. The van der Waals surface area contributed by atoms with Gasteiger partial charge in [0.15, 0.2) is 6.61 Å². The number of esters is 1. The molecule has 0 aliphatic rings. The molecule has 1 aromatic heterocycles. The van der Waals surface area contributed by atoms with Gasteiger partial charge in [0.1, 0.15) is 5.82 Å². The summed E-state index contributed by atoms with van der Waals surface area (Å²) in [6.45, 7) is -0.508.